The van der Waals surface area contributed by atoms with Crippen LogP contribution < -0.4 is 27.4 Å². The first-order valence-electron chi connectivity index (χ1n) is 11.4. The Morgan fingerprint density at radius 1 is 1.00 bits per heavy atom. The van der Waals surface area contributed by atoms with Crippen LogP contribution in [0.1, 0.15) is 31.7 Å². The molecule has 1 aromatic carbocycles. The summed E-state index contributed by atoms with van der Waals surface area (Å²) in [4.78, 5) is 53.0. The quantitative estimate of drug-likeness (QED) is 0.127. The molecule has 0 saturated carbocycles. The molecular weight excluding hydrogens is 472 g/mol. The second-order valence-corrected chi connectivity index (χ2v) is 8.71. The van der Waals surface area contributed by atoms with Crippen molar-refractivity contribution in [2.45, 2.75) is 56.8 Å². The highest BCUT2D eigenvalue weighted by molar-refractivity contribution is 7.80. The number of hydrogen-bond acceptors (Lipinski definition) is 7. The lowest BCUT2D eigenvalue weighted by atomic mass is 10.0. The highest BCUT2D eigenvalue weighted by Crippen LogP contribution is 2.19. The molecule has 2 rings (SSSR count). The topological polar surface area (TPSA) is 192 Å². The standard InChI is InChI=1S/C23H34N6O5S/c1-13(25)20(30)27-17(8-4-5-9-24)21(31)28-18(22(32)29-19(12-35)23(33)34)10-14-11-26-16-7-3-2-6-15(14)16/h2-3,6-7,11,13,17-19,26,35H,4-5,8-10,12,24-25H2,1H3,(H,27,30)(H,28,31)(H,29,32)(H,33,34). The summed E-state index contributed by atoms with van der Waals surface area (Å²) in [5, 5.41) is 17.9. The Labute approximate surface area is 209 Å². The number of unbranched alkanes of at least 4 members (excludes halogenated alkanes) is 1. The van der Waals surface area contributed by atoms with Gasteiger partial charge in [-0.25, -0.2) is 4.79 Å². The summed E-state index contributed by atoms with van der Waals surface area (Å²) in [6.07, 6.45) is 3.36. The Balaban J connectivity index is 2.28. The van der Waals surface area contributed by atoms with E-state index in [1.165, 1.54) is 6.92 Å². The van der Waals surface area contributed by atoms with Gasteiger partial charge in [-0.2, -0.15) is 12.6 Å². The van der Waals surface area contributed by atoms with Crippen molar-refractivity contribution in [3.8, 4) is 0 Å². The lowest BCUT2D eigenvalue weighted by Crippen LogP contribution is -2.57. The summed E-state index contributed by atoms with van der Waals surface area (Å²) < 4.78 is 0. The molecule has 1 heterocycles. The molecule has 4 atom stereocenters. The fraction of sp³-hybridized carbons (Fsp3) is 0.478. The van der Waals surface area contributed by atoms with Gasteiger partial charge in [0.15, 0.2) is 0 Å². The number of para-hydroxylation sites is 1. The number of aromatic nitrogens is 1. The monoisotopic (exact) mass is 506 g/mol. The summed E-state index contributed by atoms with van der Waals surface area (Å²) in [5.74, 6) is -3.12. The molecule has 192 valence electrons. The van der Waals surface area contributed by atoms with Gasteiger partial charge in [0.25, 0.3) is 0 Å². The van der Waals surface area contributed by atoms with Crippen LogP contribution >= 0.6 is 12.6 Å². The Hall–Kier alpha value is -3.09. The zero-order valence-corrected chi connectivity index (χ0v) is 20.5. The molecular formula is C23H34N6O5S. The average Bonchev–Trinajstić information content (AvgIpc) is 3.23. The molecule has 0 aliphatic carbocycles. The molecule has 9 N–H and O–H groups in total. The molecule has 0 bridgehead atoms. The summed E-state index contributed by atoms with van der Waals surface area (Å²) in [6, 6.07) is 3.39. The van der Waals surface area contributed by atoms with Crippen LogP contribution in [0.3, 0.4) is 0 Å². The number of carbonyl (C=O) groups is 4. The van der Waals surface area contributed by atoms with Crippen molar-refractivity contribution in [2.24, 2.45) is 11.5 Å². The van der Waals surface area contributed by atoms with Crippen LogP contribution in [0.15, 0.2) is 30.5 Å². The van der Waals surface area contributed by atoms with Crippen molar-refractivity contribution in [3.05, 3.63) is 36.0 Å². The number of rotatable bonds is 14. The van der Waals surface area contributed by atoms with Gasteiger partial charge in [0.2, 0.25) is 17.7 Å². The number of thiol groups is 1. The van der Waals surface area contributed by atoms with E-state index in [0.717, 1.165) is 16.5 Å². The van der Waals surface area contributed by atoms with Crippen LogP contribution in [-0.2, 0) is 25.6 Å². The summed E-state index contributed by atoms with van der Waals surface area (Å²) >= 11 is 3.98. The van der Waals surface area contributed by atoms with Gasteiger partial charge in [0, 0.05) is 29.3 Å². The smallest absolute Gasteiger partial charge is 0.327 e. The summed E-state index contributed by atoms with van der Waals surface area (Å²) in [6.45, 7) is 1.93. The molecule has 3 amide bonds. The number of hydrogen-bond donors (Lipinski definition) is 8. The number of H-pyrrole nitrogens is 1. The number of amides is 3. The molecule has 0 radical (unpaired) electrons. The van der Waals surface area contributed by atoms with Gasteiger partial charge in [-0.15, -0.1) is 0 Å². The largest absolute Gasteiger partial charge is 0.480 e. The maximum atomic E-state index is 13.2. The van der Waals surface area contributed by atoms with Crippen LogP contribution in [0.2, 0.25) is 0 Å². The second-order valence-electron chi connectivity index (χ2n) is 8.34. The van der Waals surface area contributed by atoms with Gasteiger partial charge in [0.1, 0.15) is 18.1 Å². The van der Waals surface area contributed by atoms with E-state index in [0.29, 0.717) is 25.8 Å². The minimum atomic E-state index is -1.24. The maximum Gasteiger partial charge on any atom is 0.327 e. The van der Waals surface area contributed by atoms with Crippen molar-refractivity contribution in [1.29, 1.82) is 0 Å². The van der Waals surface area contributed by atoms with E-state index >= 15 is 0 Å². The lowest BCUT2D eigenvalue weighted by molar-refractivity contribution is -0.141. The molecule has 0 aliphatic rings. The van der Waals surface area contributed by atoms with E-state index in [-0.39, 0.29) is 12.2 Å². The fourth-order valence-corrected chi connectivity index (χ4v) is 3.77. The lowest BCUT2D eigenvalue weighted by Gasteiger charge is -2.24. The Morgan fingerprint density at radius 3 is 2.26 bits per heavy atom. The number of nitrogens with two attached hydrogens (primary N) is 2. The number of carboxylic acid groups (broad SMARTS) is 1. The first-order valence-corrected chi connectivity index (χ1v) is 12.1. The molecule has 0 fully saturated rings. The van der Waals surface area contributed by atoms with E-state index < -0.39 is 47.9 Å². The van der Waals surface area contributed by atoms with Crippen molar-refractivity contribution in [2.75, 3.05) is 12.3 Å². The van der Waals surface area contributed by atoms with Gasteiger partial charge in [-0.3, -0.25) is 14.4 Å². The van der Waals surface area contributed by atoms with Gasteiger partial charge in [-0.05, 0) is 44.4 Å². The number of fused-ring (bicyclic) bond motifs is 1. The predicted octanol–water partition coefficient (Wildman–Crippen LogP) is -0.345. The molecule has 35 heavy (non-hydrogen) atoms. The molecule has 0 saturated heterocycles. The molecule has 12 heteroatoms. The summed E-state index contributed by atoms with van der Waals surface area (Å²) in [5.41, 5.74) is 12.8. The molecule has 11 nitrogen and oxygen atoms in total. The third-order valence-electron chi connectivity index (χ3n) is 5.52. The van der Waals surface area contributed by atoms with Gasteiger partial charge >= 0.3 is 5.97 Å². The minimum absolute atomic E-state index is 0.0945. The zero-order valence-electron chi connectivity index (χ0n) is 19.6. The van der Waals surface area contributed by atoms with Crippen LogP contribution in [0.5, 0.6) is 0 Å². The predicted molar refractivity (Wildman–Crippen MR) is 136 cm³/mol. The number of aliphatic carboxylic acids is 1. The first kappa shape index (κ1) is 28.1. The number of benzene rings is 1. The van der Waals surface area contributed by atoms with Crippen molar-refractivity contribution >= 4 is 47.2 Å². The van der Waals surface area contributed by atoms with E-state index in [1.54, 1.807) is 6.20 Å². The number of nitrogens with one attached hydrogen (secondary N) is 4. The van der Waals surface area contributed by atoms with E-state index in [2.05, 4.69) is 33.6 Å². The number of carbonyl (C=O) groups excluding carboxylic acids is 3. The molecule has 0 aliphatic heterocycles. The Bertz CT molecular complexity index is 1030. The average molecular weight is 507 g/mol. The molecule has 1 aromatic heterocycles. The molecule has 0 spiro atoms. The van der Waals surface area contributed by atoms with Gasteiger partial charge in [-0.1, -0.05) is 18.2 Å². The van der Waals surface area contributed by atoms with E-state index in [4.69, 9.17) is 11.5 Å². The highest BCUT2D eigenvalue weighted by Gasteiger charge is 2.30. The van der Waals surface area contributed by atoms with Crippen LogP contribution in [0.25, 0.3) is 10.9 Å². The second kappa shape index (κ2) is 13.7. The third-order valence-corrected chi connectivity index (χ3v) is 5.89. The number of carboxylic acids is 1. The molecule has 2 aromatic rings. The van der Waals surface area contributed by atoms with Crippen LogP contribution in [-0.4, -0.2) is 70.2 Å². The van der Waals surface area contributed by atoms with E-state index in [9.17, 15) is 24.3 Å². The Morgan fingerprint density at radius 2 is 1.63 bits per heavy atom. The van der Waals surface area contributed by atoms with Crippen molar-refractivity contribution < 1.29 is 24.3 Å². The summed E-state index contributed by atoms with van der Waals surface area (Å²) in [7, 11) is 0. The minimum Gasteiger partial charge on any atom is -0.480 e. The van der Waals surface area contributed by atoms with Gasteiger partial charge < -0.3 is 37.5 Å². The Kier molecular flexibility index (Phi) is 11.0. The van der Waals surface area contributed by atoms with Crippen molar-refractivity contribution in [1.82, 2.24) is 20.9 Å². The number of aromatic amines is 1. The first-order chi connectivity index (χ1) is 16.7. The molecule has 4 unspecified atom stereocenters. The third kappa shape index (κ3) is 8.26. The highest BCUT2D eigenvalue weighted by atomic mass is 32.1. The normalized spacial score (nSPS) is 14.5. The van der Waals surface area contributed by atoms with Crippen molar-refractivity contribution in [3.63, 3.8) is 0 Å². The maximum absolute atomic E-state index is 13.2. The van der Waals surface area contributed by atoms with Crippen LogP contribution in [0.4, 0.5) is 0 Å². The van der Waals surface area contributed by atoms with E-state index in [1.807, 2.05) is 24.3 Å². The van der Waals surface area contributed by atoms with Gasteiger partial charge in [0.05, 0.1) is 6.04 Å². The SMILES string of the molecule is CC(N)C(=O)NC(CCCCN)C(=O)NC(Cc1c[nH]c2ccccc12)C(=O)NC(CS)C(=O)O. The zero-order chi connectivity index (χ0) is 26.0. The fourth-order valence-electron chi connectivity index (χ4n) is 3.52. The van der Waals surface area contributed by atoms with Crippen LogP contribution in [0, 0.1) is 0 Å².